The highest BCUT2D eigenvalue weighted by Gasteiger charge is 2.09. The molecule has 0 saturated heterocycles. The molecule has 2 aromatic rings. The molecule has 0 saturated carbocycles. The van der Waals surface area contributed by atoms with Crippen molar-refractivity contribution in [1.29, 1.82) is 0 Å². The zero-order valence-corrected chi connectivity index (χ0v) is 10.7. The molecule has 0 fully saturated rings. The van der Waals surface area contributed by atoms with Crippen LogP contribution in [0.5, 0.6) is 0 Å². The number of fused-ring (bicyclic) bond motifs is 1. The molecule has 0 unspecified atom stereocenters. The van der Waals surface area contributed by atoms with Gasteiger partial charge in [-0.3, -0.25) is 4.79 Å². The maximum atomic E-state index is 11.3. The molecule has 0 bridgehead atoms. The summed E-state index contributed by atoms with van der Waals surface area (Å²) in [5.41, 5.74) is 3.63. The molecule has 0 atom stereocenters. The standard InChI is InChI=1S/C12H16N4O2/c1-8-4-9(2)16-12(15-8)10(6-14-16)5-13-11(17)7-18-3/h4,6H,5,7H2,1-3H3,(H,13,17). The van der Waals surface area contributed by atoms with Crippen molar-refractivity contribution < 1.29 is 9.53 Å². The number of hydrogen-bond donors (Lipinski definition) is 1. The first-order chi connectivity index (χ1) is 8.61. The zero-order valence-electron chi connectivity index (χ0n) is 10.7. The maximum absolute atomic E-state index is 11.3. The Morgan fingerprint density at radius 3 is 3.00 bits per heavy atom. The Labute approximate surface area is 105 Å². The van der Waals surface area contributed by atoms with E-state index in [9.17, 15) is 4.79 Å². The molecule has 0 radical (unpaired) electrons. The molecule has 2 aromatic heterocycles. The van der Waals surface area contributed by atoms with Gasteiger partial charge in [0.2, 0.25) is 5.91 Å². The largest absolute Gasteiger partial charge is 0.375 e. The summed E-state index contributed by atoms with van der Waals surface area (Å²) in [6, 6.07) is 1.97. The fraction of sp³-hybridized carbons (Fsp3) is 0.417. The van der Waals surface area contributed by atoms with Crippen LogP contribution in [0, 0.1) is 13.8 Å². The Bertz CT molecular complexity index is 577. The number of rotatable bonds is 4. The maximum Gasteiger partial charge on any atom is 0.246 e. The lowest BCUT2D eigenvalue weighted by atomic mass is 10.3. The Hall–Kier alpha value is -1.95. The Morgan fingerprint density at radius 2 is 2.28 bits per heavy atom. The molecule has 0 aliphatic carbocycles. The third-order valence-corrected chi connectivity index (χ3v) is 2.60. The van der Waals surface area contributed by atoms with E-state index in [1.165, 1.54) is 7.11 Å². The van der Waals surface area contributed by atoms with Crippen LogP contribution in [0.3, 0.4) is 0 Å². The van der Waals surface area contributed by atoms with Gasteiger partial charge in [-0.15, -0.1) is 0 Å². The van der Waals surface area contributed by atoms with E-state index in [-0.39, 0.29) is 12.5 Å². The van der Waals surface area contributed by atoms with Crippen molar-refractivity contribution in [3.63, 3.8) is 0 Å². The van der Waals surface area contributed by atoms with Crippen LogP contribution >= 0.6 is 0 Å². The second kappa shape index (κ2) is 5.14. The number of amides is 1. The van der Waals surface area contributed by atoms with Gasteiger partial charge in [-0.1, -0.05) is 0 Å². The van der Waals surface area contributed by atoms with Crippen LogP contribution in [0.2, 0.25) is 0 Å². The van der Waals surface area contributed by atoms with Gasteiger partial charge in [0.15, 0.2) is 5.65 Å². The third-order valence-electron chi connectivity index (χ3n) is 2.60. The minimum Gasteiger partial charge on any atom is -0.375 e. The fourth-order valence-electron chi connectivity index (χ4n) is 1.82. The molecule has 6 heteroatoms. The van der Waals surface area contributed by atoms with E-state index in [2.05, 4.69) is 15.4 Å². The van der Waals surface area contributed by atoms with Gasteiger partial charge in [0.05, 0.1) is 6.20 Å². The van der Waals surface area contributed by atoms with Crippen LogP contribution in [-0.4, -0.2) is 34.2 Å². The average Bonchev–Trinajstić information content (AvgIpc) is 2.70. The number of methoxy groups -OCH3 is 1. The molecule has 0 spiro atoms. The smallest absolute Gasteiger partial charge is 0.246 e. The summed E-state index contributed by atoms with van der Waals surface area (Å²) >= 11 is 0. The number of carbonyl (C=O) groups is 1. The van der Waals surface area contributed by atoms with E-state index in [0.717, 1.165) is 22.6 Å². The third kappa shape index (κ3) is 2.48. The lowest BCUT2D eigenvalue weighted by Gasteiger charge is -2.04. The van der Waals surface area contributed by atoms with Crippen molar-refractivity contribution in [2.45, 2.75) is 20.4 Å². The van der Waals surface area contributed by atoms with Crippen molar-refractivity contribution in [1.82, 2.24) is 19.9 Å². The number of ether oxygens (including phenoxy) is 1. The van der Waals surface area contributed by atoms with Gasteiger partial charge in [0.1, 0.15) is 6.61 Å². The highest BCUT2D eigenvalue weighted by atomic mass is 16.5. The minimum atomic E-state index is -0.152. The second-order valence-electron chi connectivity index (χ2n) is 4.15. The predicted molar refractivity (Wildman–Crippen MR) is 66.2 cm³/mol. The first-order valence-electron chi connectivity index (χ1n) is 5.68. The predicted octanol–water partition coefficient (Wildman–Crippen LogP) is 0.609. The summed E-state index contributed by atoms with van der Waals surface area (Å²) in [5, 5.41) is 7.01. The van der Waals surface area contributed by atoms with Gasteiger partial charge in [0.25, 0.3) is 0 Å². The van der Waals surface area contributed by atoms with Crippen LogP contribution in [0.4, 0.5) is 0 Å². The fourth-order valence-corrected chi connectivity index (χ4v) is 1.82. The van der Waals surface area contributed by atoms with Gasteiger partial charge < -0.3 is 10.1 Å². The summed E-state index contributed by atoms with van der Waals surface area (Å²) in [7, 11) is 1.49. The highest BCUT2D eigenvalue weighted by Crippen LogP contribution is 2.11. The van der Waals surface area contributed by atoms with Crippen LogP contribution < -0.4 is 5.32 Å². The van der Waals surface area contributed by atoms with Crippen molar-refractivity contribution in [3.05, 3.63) is 29.2 Å². The molecule has 1 N–H and O–H groups in total. The lowest BCUT2D eigenvalue weighted by molar-refractivity contribution is -0.124. The van der Waals surface area contributed by atoms with Gasteiger partial charge in [-0.25, -0.2) is 9.50 Å². The van der Waals surface area contributed by atoms with Crippen molar-refractivity contribution in [2.24, 2.45) is 0 Å². The van der Waals surface area contributed by atoms with E-state index in [0.29, 0.717) is 6.54 Å². The van der Waals surface area contributed by atoms with Gasteiger partial charge in [0, 0.05) is 30.6 Å². The zero-order chi connectivity index (χ0) is 13.1. The van der Waals surface area contributed by atoms with E-state index in [1.54, 1.807) is 10.7 Å². The quantitative estimate of drug-likeness (QED) is 0.860. The number of nitrogens with one attached hydrogen (secondary N) is 1. The van der Waals surface area contributed by atoms with Crippen molar-refractivity contribution in [3.8, 4) is 0 Å². The number of hydrogen-bond acceptors (Lipinski definition) is 4. The van der Waals surface area contributed by atoms with Crippen molar-refractivity contribution in [2.75, 3.05) is 13.7 Å². The Kier molecular flexibility index (Phi) is 3.57. The molecule has 0 aromatic carbocycles. The number of nitrogens with zero attached hydrogens (tertiary/aromatic N) is 3. The molecule has 6 nitrogen and oxygen atoms in total. The minimum absolute atomic E-state index is 0.0602. The summed E-state index contributed by atoms with van der Waals surface area (Å²) in [6.07, 6.45) is 1.72. The van der Waals surface area contributed by atoms with E-state index < -0.39 is 0 Å². The summed E-state index contributed by atoms with van der Waals surface area (Å²) in [5.74, 6) is -0.152. The molecule has 18 heavy (non-hydrogen) atoms. The molecule has 1 amide bonds. The normalized spacial score (nSPS) is 10.8. The van der Waals surface area contributed by atoms with E-state index in [4.69, 9.17) is 4.74 Å². The van der Waals surface area contributed by atoms with E-state index in [1.807, 2.05) is 19.9 Å². The van der Waals surface area contributed by atoms with E-state index >= 15 is 0 Å². The molecular formula is C12H16N4O2. The van der Waals surface area contributed by atoms with Crippen LogP contribution in [0.25, 0.3) is 5.65 Å². The Morgan fingerprint density at radius 1 is 1.50 bits per heavy atom. The summed E-state index contributed by atoms with van der Waals surface area (Å²) in [4.78, 5) is 15.8. The van der Waals surface area contributed by atoms with Gasteiger partial charge in [-0.2, -0.15) is 5.10 Å². The molecule has 0 aliphatic rings. The molecule has 96 valence electrons. The molecule has 0 aliphatic heterocycles. The topological polar surface area (TPSA) is 68.5 Å². The van der Waals surface area contributed by atoms with Crippen molar-refractivity contribution >= 4 is 11.6 Å². The van der Waals surface area contributed by atoms with Gasteiger partial charge in [-0.05, 0) is 19.9 Å². The molecule has 2 rings (SSSR count). The SMILES string of the molecule is COCC(=O)NCc1cnn2c(C)cc(C)nc12. The highest BCUT2D eigenvalue weighted by molar-refractivity contribution is 5.77. The van der Waals surface area contributed by atoms with Crippen LogP contribution in [-0.2, 0) is 16.1 Å². The Balaban J connectivity index is 2.21. The van der Waals surface area contributed by atoms with Gasteiger partial charge >= 0.3 is 0 Å². The first kappa shape index (κ1) is 12.5. The summed E-state index contributed by atoms with van der Waals surface area (Å²) < 4.78 is 6.52. The number of aromatic nitrogens is 3. The molecule has 2 heterocycles. The monoisotopic (exact) mass is 248 g/mol. The number of carbonyl (C=O) groups excluding carboxylic acids is 1. The van der Waals surface area contributed by atoms with Crippen LogP contribution in [0.15, 0.2) is 12.3 Å². The number of aryl methyl sites for hydroxylation is 2. The summed E-state index contributed by atoms with van der Waals surface area (Å²) in [6.45, 7) is 4.38. The first-order valence-corrected chi connectivity index (χ1v) is 5.68. The lowest BCUT2D eigenvalue weighted by Crippen LogP contribution is -2.26. The average molecular weight is 248 g/mol. The van der Waals surface area contributed by atoms with Crippen LogP contribution in [0.1, 0.15) is 17.0 Å². The second-order valence-corrected chi connectivity index (χ2v) is 4.15. The molecular weight excluding hydrogens is 232 g/mol.